The summed E-state index contributed by atoms with van der Waals surface area (Å²) >= 11 is 9.86. The lowest BCUT2D eigenvalue weighted by molar-refractivity contribution is -0.147. The van der Waals surface area contributed by atoms with Crippen LogP contribution in [0.1, 0.15) is 56.3 Å². The molecule has 1 aliphatic carbocycles. The van der Waals surface area contributed by atoms with Crippen molar-refractivity contribution in [1.29, 1.82) is 0 Å². The molecule has 34 heavy (non-hydrogen) atoms. The van der Waals surface area contributed by atoms with E-state index >= 15 is 0 Å². The number of methoxy groups -OCH3 is 1. The largest absolute Gasteiger partial charge is 0.476 e. The summed E-state index contributed by atoms with van der Waals surface area (Å²) in [6.45, 7) is 1.58. The summed E-state index contributed by atoms with van der Waals surface area (Å²) in [6.07, 6.45) is 6.17. The lowest BCUT2D eigenvalue weighted by Gasteiger charge is -2.22. The fourth-order valence-electron chi connectivity index (χ4n) is 4.16. The van der Waals surface area contributed by atoms with Gasteiger partial charge in [-0.3, -0.25) is 4.79 Å². The van der Waals surface area contributed by atoms with E-state index < -0.39 is 12.1 Å². The zero-order valence-electron chi connectivity index (χ0n) is 19.0. The zero-order chi connectivity index (χ0) is 24.2. The quantitative estimate of drug-likeness (QED) is 0.293. The van der Waals surface area contributed by atoms with Crippen molar-refractivity contribution in [2.75, 3.05) is 7.11 Å². The first kappa shape index (κ1) is 24.4. The van der Waals surface area contributed by atoms with Crippen LogP contribution in [0.15, 0.2) is 50.8 Å². The van der Waals surface area contributed by atoms with Gasteiger partial charge in [-0.2, -0.15) is 9.78 Å². The minimum atomic E-state index is -0.821. The van der Waals surface area contributed by atoms with Crippen molar-refractivity contribution in [2.24, 2.45) is 5.10 Å². The SMILES string of the molecule is COC(=O)[C@@H](C)Oc1c(Cl)cc(C=Nn2c(C3CCCCC3)nc3ccccc3c2=O)cc1Br. The molecular formula is C25H25BrClN3O4. The van der Waals surface area contributed by atoms with Crippen LogP contribution in [0.5, 0.6) is 5.75 Å². The van der Waals surface area contributed by atoms with Gasteiger partial charge in [0.25, 0.3) is 5.56 Å². The normalized spacial score (nSPS) is 15.5. The van der Waals surface area contributed by atoms with Crippen LogP contribution in [0.25, 0.3) is 10.9 Å². The average molecular weight is 547 g/mol. The summed E-state index contributed by atoms with van der Waals surface area (Å²) in [5.41, 5.74) is 1.15. The Balaban J connectivity index is 1.71. The van der Waals surface area contributed by atoms with E-state index in [4.69, 9.17) is 26.1 Å². The molecule has 2 aromatic carbocycles. The van der Waals surface area contributed by atoms with Crippen molar-refractivity contribution in [2.45, 2.75) is 51.0 Å². The number of rotatable bonds is 6. The average Bonchev–Trinajstić information content (AvgIpc) is 2.85. The maximum atomic E-state index is 13.3. The Kier molecular flexibility index (Phi) is 7.68. The Morgan fingerprint density at radius 2 is 2.00 bits per heavy atom. The van der Waals surface area contributed by atoms with Crippen LogP contribution in [0, 0.1) is 0 Å². The fraction of sp³-hybridized carbons (Fsp3) is 0.360. The van der Waals surface area contributed by atoms with E-state index in [0.29, 0.717) is 37.5 Å². The van der Waals surface area contributed by atoms with Gasteiger partial charge in [0, 0.05) is 5.92 Å². The third-order valence-electron chi connectivity index (χ3n) is 5.92. The number of fused-ring (bicyclic) bond motifs is 1. The van der Waals surface area contributed by atoms with E-state index in [9.17, 15) is 9.59 Å². The molecule has 1 saturated carbocycles. The Morgan fingerprint density at radius 3 is 2.71 bits per heavy atom. The van der Waals surface area contributed by atoms with E-state index in [-0.39, 0.29) is 11.5 Å². The lowest BCUT2D eigenvalue weighted by Crippen LogP contribution is -2.25. The number of nitrogens with zero attached hydrogens (tertiary/aromatic N) is 3. The maximum Gasteiger partial charge on any atom is 0.346 e. The van der Waals surface area contributed by atoms with Crippen LogP contribution < -0.4 is 10.3 Å². The standard InChI is InChI=1S/C25H25BrClN3O4/c1-15(25(32)33-2)34-22-19(26)12-16(13-20(22)27)14-28-30-23(17-8-4-3-5-9-17)29-21-11-7-6-10-18(21)24(30)31/h6-7,10-15,17H,3-5,8-9H2,1-2H3/t15-/m1/s1. The van der Waals surface area contributed by atoms with Gasteiger partial charge in [-0.1, -0.05) is 43.0 Å². The zero-order valence-corrected chi connectivity index (χ0v) is 21.3. The minimum absolute atomic E-state index is 0.189. The van der Waals surface area contributed by atoms with E-state index in [1.54, 1.807) is 31.3 Å². The number of para-hydroxylation sites is 1. The molecular weight excluding hydrogens is 522 g/mol. The molecule has 1 fully saturated rings. The molecule has 0 aliphatic heterocycles. The topological polar surface area (TPSA) is 82.8 Å². The fourth-order valence-corrected chi connectivity index (χ4v) is 5.12. The maximum absolute atomic E-state index is 13.3. The van der Waals surface area contributed by atoms with Gasteiger partial charge in [-0.05, 0) is 65.5 Å². The van der Waals surface area contributed by atoms with Crippen molar-refractivity contribution in [3.8, 4) is 5.75 Å². The monoisotopic (exact) mass is 545 g/mol. The van der Waals surface area contributed by atoms with Gasteiger partial charge in [-0.15, -0.1) is 0 Å². The number of hydrogen-bond donors (Lipinski definition) is 0. The molecule has 1 aromatic heterocycles. The first-order valence-electron chi connectivity index (χ1n) is 11.2. The summed E-state index contributed by atoms with van der Waals surface area (Å²) in [5.74, 6) is 0.696. The highest BCUT2D eigenvalue weighted by atomic mass is 79.9. The predicted molar refractivity (Wildman–Crippen MR) is 136 cm³/mol. The first-order valence-corrected chi connectivity index (χ1v) is 12.4. The number of halogens is 2. The van der Waals surface area contributed by atoms with Crippen molar-refractivity contribution >= 4 is 50.6 Å². The highest BCUT2D eigenvalue weighted by molar-refractivity contribution is 9.10. The van der Waals surface area contributed by atoms with Crippen molar-refractivity contribution in [1.82, 2.24) is 9.66 Å². The highest BCUT2D eigenvalue weighted by Crippen LogP contribution is 2.35. The van der Waals surface area contributed by atoms with E-state index in [1.165, 1.54) is 18.2 Å². The van der Waals surface area contributed by atoms with Crippen LogP contribution in [0.2, 0.25) is 5.02 Å². The number of carbonyl (C=O) groups is 1. The van der Waals surface area contributed by atoms with Gasteiger partial charge in [0.1, 0.15) is 5.82 Å². The van der Waals surface area contributed by atoms with Gasteiger partial charge < -0.3 is 9.47 Å². The molecule has 3 aromatic rings. The Hall–Kier alpha value is -2.71. The summed E-state index contributed by atoms with van der Waals surface area (Å²) in [6, 6.07) is 10.8. The molecule has 1 aliphatic rings. The van der Waals surface area contributed by atoms with E-state index in [0.717, 1.165) is 25.7 Å². The van der Waals surface area contributed by atoms with E-state index in [2.05, 4.69) is 21.0 Å². The molecule has 1 atom stereocenters. The Morgan fingerprint density at radius 1 is 1.26 bits per heavy atom. The predicted octanol–water partition coefficient (Wildman–Crippen LogP) is 5.68. The van der Waals surface area contributed by atoms with Crippen LogP contribution in [0.3, 0.4) is 0 Å². The second-order valence-corrected chi connectivity index (χ2v) is 9.54. The van der Waals surface area contributed by atoms with Crippen molar-refractivity contribution < 1.29 is 14.3 Å². The second-order valence-electron chi connectivity index (χ2n) is 8.28. The van der Waals surface area contributed by atoms with Crippen molar-refractivity contribution in [3.63, 3.8) is 0 Å². The molecule has 1 heterocycles. The summed E-state index contributed by atoms with van der Waals surface area (Å²) in [4.78, 5) is 29.8. The third kappa shape index (κ3) is 5.18. The number of esters is 1. The number of ether oxygens (including phenoxy) is 2. The molecule has 0 N–H and O–H groups in total. The molecule has 0 unspecified atom stereocenters. The first-order chi connectivity index (χ1) is 16.4. The summed E-state index contributed by atoms with van der Waals surface area (Å²) < 4.78 is 12.3. The van der Waals surface area contributed by atoms with Crippen LogP contribution >= 0.6 is 27.5 Å². The molecule has 0 bridgehead atoms. The molecule has 0 amide bonds. The van der Waals surface area contributed by atoms with Gasteiger partial charge in [-0.25, -0.2) is 9.78 Å². The molecule has 0 radical (unpaired) electrons. The van der Waals surface area contributed by atoms with Gasteiger partial charge in [0.2, 0.25) is 0 Å². The van der Waals surface area contributed by atoms with Crippen molar-refractivity contribution in [3.05, 3.63) is 67.6 Å². The highest BCUT2D eigenvalue weighted by Gasteiger charge is 2.23. The number of carbonyl (C=O) groups excluding carboxylic acids is 1. The molecule has 7 nitrogen and oxygen atoms in total. The molecule has 178 valence electrons. The molecule has 0 saturated heterocycles. The summed E-state index contributed by atoms with van der Waals surface area (Å²) in [7, 11) is 1.30. The Bertz CT molecular complexity index is 1280. The second kappa shape index (κ2) is 10.7. The van der Waals surface area contributed by atoms with Gasteiger partial charge in [0.05, 0.1) is 33.7 Å². The van der Waals surface area contributed by atoms with Gasteiger partial charge >= 0.3 is 5.97 Å². The van der Waals surface area contributed by atoms with Crippen LogP contribution in [0.4, 0.5) is 0 Å². The lowest BCUT2D eigenvalue weighted by atomic mass is 9.88. The molecule has 0 spiro atoms. The molecule has 4 rings (SSSR count). The summed E-state index contributed by atoms with van der Waals surface area (Å²) in [5, 5.41) is 5.36. The number of aromatic nitrogens is 2. The Labute approximate surface area is 210 Å². The van der Waals surface area contributed by atoms with Gasteiger partial charge in [0.15, 0.2) is 11.9 Å². The number of hydrogen-bond acceptors (Lipinski definition) is 6. The van der Waals surface area contributed by atoms with E-state index in [1.807, 2.05) is 18.2 Å². The van der Waals surface area contributed by atoms with Crippen LogP contribution in [-0.2, 0) is 9.53 Å². The van der Waals surface area contributed by atoms with Crippen LogP contribution in [-0.4, -0.2) is 35.1 Å². The third-order valence-corrected chi connectivity index (χ3v) is 6.79. The minimum Gasteiger partial charge on any atom is -0.476 e. The smallest absolute Gasteiger partial charge is 0.346 e. The number of benzene rings is 2. The molecule has 9 heteroatoms.